The van der Waals surface area contributed by atoms with Crippen LogP contribution in [0.2, 0.25) is 0 Å². The summed E-state index contributed by atoms with van der Waals surface area (Å²) in [5, 5.41) is 9.70. The SMILES string of the molecule is Cc1nc(-c2ccc(OCC(F)F)c(-c3cncnc3)c2)sc1C(=O)O. The third-order valence-corrected chi connectivity index (χ3v) is 4.65. The highest BCUT2D eigenvalue weighted by Crippen LogP contribution is 2.36. The minimum absolute atomic E-state index is 0.155. The van der Waals surface area contributed by atoms with E-state index in [0.717, 1.165) is 11.3 Å². The number of nitrogens with zero attached hydrogens (tertiary/aromatic N) is 3. The molecule has 3 rings (SSSR count). The van der Waals surface area contributed by atoms with Gasteiger partial charge in [0.05, 0.1) is 5.69 Å². The summed E-state index contributed by atoms with van der Waals surface area (Å²) in [6.45, 7) is 0.884. The van der Waals surface area contributed by atoms with Crippen molar-refractivity contribution >= 4 is 17.3 Å². The molecule has 26 heavy (non-hydrogen) atoms. The van der Waals surface area contributed by atoms with Crippen molar-refractivity contribution in [3.63, 3.8) is 0 Å². The largest absolute Gasteiger partial charge is 0.487 e. The van der Waals surface area contributed by atoms with E-state index in [4.69, 9.17) is 4.74 Å². The molecule has 0 aliphatic rings. The van der Waals surface area contributed by atoms with E-state index in [-0.39, 0.29) is 10.6 Å². The third-order valence-electron chi connectivity index (χ3n) is 3.45. The standard InChI is InChI=1S/C17H13F2N3O3S/c1-9-15(17(23)24)26-16(22-9)10-2-3-13(25-7-14(18)19)12(4-10)11-5-20-8-21-6-11/h2-6,8,14H,7H2,1H3,(H,23,24). The van der Waals surface area contributed by atoms with Crippen LogP contribution in [-0.2, 0) is 0 Å². The van der Waals surface area contributed by atoms with Crippen molar-refractivity contribution in [1.29, 1.82) is 0 Å². The molecule has 0 amide bonds. The molecule has 1 aromatic carbocycles. The van der Waals surface area contributed by atoms with Gasteiger partial charge in [-0.1, -0.05) is 0 Å². The predicted octanol–water partition coefficient (Wildman–Crippen LogP) is 3.92. The Morgan fingerprint density at radius 2 is 2.00 bits per heavy atom. The molecule has 0 atom stereocenters. The second-order valence-electron chi connectivity index (χ2n) is 5.28. The van der Waals surface area contributed by atoms with Gasteiger partial charge in [0.25, 0.3) is 6.43 Å². The van der Waals surface area contributed by atoms with Crippen molar-refractivity contribution in [1.82, 2.24) is 15.0 Å². The Labute approximate surface area is 151 Å². The van der Waals surface area contributed by atoms with Gasteiger partial charge < -0.3 is 9.84 Å². The van der Waals surface area contributed by atoms with Crippen LogP contribution >= 0.6 is 11.3 Å². The van der Waals surface area contributed by atoms with Gasteiger partial charge in [0.15, 0.2) is 0 Å². The molecule has 0 spiro atoms. The first-order chi connectivity index (χ1) is 12.5. The first kappa shape index (κ1) is 17.9. The number of alkyl halides is 2. The van der Waals surface area contributed by atoms with E-state index in [1.807, 2.05) is 0 Å². The topological polar surface area (TPSA) is 85.2 Å². The van der Waals surface area contributed by atoms with Gasteiger partial charge in [-0.05, 0) is 25.1 Å². The molecule has 2 aromatic heterocycles. The molecule has 0 saturated carbocycles. The lowest BCUT2D eigenvalue weighted by Crippen LogP contribution is -2.07. The molecule has 0 fully saturated rings. The highest BCUT2D eigenvalue weighted by atomic mass is 32.1. The van der Waals surface area contributed by atoms with Gasteiger partial charge in [-0.15, -0.1) is 11.3 Å². The van der Waals surface area contributed by atoms with E-state index < -0.39 is 19.0 Å². The van der Waals surface area contributed by atoms with Gasteiger partial charge in [-0.25, -0.2) is 28.5 Å². The van der Waals surface area contributed by atoms with Crippen LogP contribution in [-0.4, -0.2) is 39.1 Å². The lowest BCUT2D eigenvalue weighted by atomic mass is 10.0. The van der Waals surface area contributed by atoms with Crippen LogP contribution < -0.4 is 4.74 Å². The molecule has 0 radical (unpaired) electrons. The maximum atomic E-state index is 12.5. The van der Waals surface area contributed by atoms with Gasteiger partial charge in [-0.3, -0.25) is 0 Å². The zero-order valence-electron chi connectivity index (χ0n) is 13.5. The first-order valence-corrected chi connectivity index (χ1v) is 8.29. The molecule has 3 aromatic rings. The van der Waals surface area contributed by atoms with Crippen LogP contribution in [0.4, 0.5) is 8.78 Å². The number of halogens is 2. The number of carboxylic acids is 1. The van der Waals surface area contributed by atoms with Crippen molar-refractivity contribution in [3.05, 3.63) is 47.5 Å². The van der Waals surface area contributed by atoms with Crippen LogP contribution in [0.25, 0.3) is 21.7 Å². The fourth-order valence-corrected chi connectivity index (χ4v) is 3.23. The number of carbonyl (C=O) groups is 1. The maximum absolute atomic E-state index is 12.5. The van der Waals surface area contributed by atoms with E-state index in [9.17, 15) is 18.7 Å². The van der Waals surface area contributed by atoms with Crippen LogP contribution in [0.15, 0.2) is 36.9 Å². The fourth-order valence-electron chi connectivity index (χ4n) is 2.32. The van der Waals surface area contributed by atoms with E-state index in [2.05, 4.69) is 15.0 Å². The Balaban J connectivity index is 2.06. The number of aromatic nitrogens is 3. The number of ether oxygens (including phenoxy) is 1. The Kier molecular flexibility index (Phi) is 5.17. The summed E-state index contributed by atoms with van der Waals surface area (Å²) in [7, 11) is 0. The van der Waals surface area contributed by atoms with E-state index in [1.165, 1.54) is 18.7 Å². The molecule has 0 saturated heterocycles. The lowest BCUT2D eigenvalue weighted by molar-refractivity contribution is 0.0701. The number of aryl methyl sites for hydroxylation is 1. The number of hydrogen-bond donors (Lipinski definition) is 1. The number of benzene rings is 1. The number of aromatic carboxylic acids is 1. The lowest BCUT2D eigenvalue weighted by Gasteiger charge is -2.12. The van der Waals surface area contributed by atoms with E-state index >= 15 is 0 Å². The Bertz CT molecular complexity index is 932. The van der Waals surface area contributed by atoms with Crippen molar-refractivity contribution in [3.8, 4) is 27.4 Å². The number of rotatable bonds is 6. The highest BCUT2D eigenvalue weighted by Gasteiger charge is 2.17. The minimum atomic E-state index is -2.60. The average Bonchev–Trinajstić information content (AvgIpc) is 3.02. The summed E-state index contributed by atoms with van der Waals surface area (Å²) in [6.07, 6.45) is 1.83. The van der Waals surface area contributed by atoms with Gasteiger partial charge >= 0.3 is 5.97 Å². The van der Waals surface area contributed by atoms with Crippen molar-refractivity contribution in [2.45, 2.75) is 13.3 Å². The second kappa shape index (κ2) is 7.52. The number of hydrogen-bond acceptors (Lipinski definition) is 6. The first-order valence-electron chi connectivity index (χ1n) is 7.47. The van der Waals surface area contributed by atoms with Crippen LogP contribution in [0.1, 0.15) is 15.4 Å². The average molecular weight is 377 g/mol. The molecule has 6 nitrogen and oxygen atoms in total. The smallest absolute Gasteiger partial charge is 0.347 e. The van der Waals surface area contributed by atoms with Gasteiger partial charge in [0.2, 0.25) is 0 Å². The quantitative estimate of drug-likeness (QED) is 0.701. The molecular formula is C17H13F2N3O3S. The third kappa shape index (κ3) is 3.83. The van der Waals surface area contributed by atoms with Crippen LogP contribution in [0, 0.1) is 6.92 Å². The number of carboxylic acid groups (broad SMARTS) is 1. The minimum Gasteiger partial charge on any atom is -0.487 e. The summed E-state index contributed by atoms with van der Waals surface area (Å²) < 4.78 is 30.2. The molecule has 9 heteroatoms. The molecule has 0 bridgehead atoms. The molecule has 1 N–H and O–H groups in total. The van der Waals surface area contributed by atoms with E-state index in [0.29, 0.717) is 27.4 Å². The zero-order chi connectivity index (χ0) is 18.7. The predicted molar refractivity (Wildman–Crippen MR) is 91.8 cm³/mol. The monoisotopic (exact) mass is 377 g/mol. The van der Waals surface area contributed by atoms with Gasteiger partial charge in [0, 0.05) is 29.1 Å². The van der Waals surface area contributed by atoms with Gasteiger partial charge in [0.1, 0.15) is 28.6 Å². The van der Waals surface area contributed by atoms with Crippen molar-refractivity contribution < 1.29 is 23.4 Å². The Morgan fingerprint density at radius 1 is 1.27 bits per heavy atom. The van der Waals surface area contributed by atoms with Crippen LogP contribution in [0.3, 0.4) is 0 Å². The molecule has 0 unspecified atom stereocenters. The summed E-state index contributed by atoms with van der Waals surface area (Å²) >= 11 is 1.05. The molecular weight excluding hydrogens is 364 g/mol. The van der Waals surface area contributed by atoms with Crippen molar-refractivity contribution in [2.75, 3.05) is 6.61 Å². The molecule has 0 aliphatic heterocycles. The van der Waals surface area contributed by atoms with E-state index in [1.54, 1.807) is 25.1 Å². The summed E-state index contributed by atoms with van der Waals surface area (Å²) in [6, 6.07) is 4.90. The van der Waals surface area contributed by atoms with Crippen LogP contribution in [0.5, 0.6) is 5.75 Å². The van der Waals surface area contributed by atoms with Crippen molar-refractivity contribution in [2.24, 2.45) is 0 Å². The second-order valence-corrected chi connectivity index (χ2v) is 6.28. The Hall–Kier alpha value is -2.94. The fraction of sp³-hybridized carbons (Fsp3) is 0.176. The number of thiazole rings is 1. The molecule has 2 heterocycles. The normalized spacial score (nSPS) is 10.9. The zero-order valence-corrected chi connectivity index (χ0v) is 14.3. The molecule has 134 valence electrons. The summed E-state index contributed by atoms with van der Waals surface area (Å²) in [5.41, 5.74) is 2.17. The molecule has 0 aliphatic carbocycles. The highest BCUT2D eigenvalue weighted by molar-refractivity contribution is 7.17. The maximum Gasteiger partial charge on any atom is 0.347 e. The Morgan fingerprint density at radius 3 is 2.62 bits per heavy atom. The van der Waals surface area contributed by atoms with Gasteiger partial charge in [-0.2, -0.15) is 0 Å². The summed E-state index contributed by atoms with van der Waals surface area (Å²) in [4.78, 5) is 23.5. The summed E-state index contributed by atoms with van der Waals surface area (Å²) in [5.74, 6) is -0.782.